The normalized spacial score (nSPS) is 20.2. The molecule has 0 bridgehead atoms. The van der Waals surface area contributed by atoms with Gasteiger partial charge in [0.1, 0.15) is 5.16 Å². The van der Waals surface area contributed by atoms with Gasteiger partial charge in [0.15, 0.2) is 0 Å². The van der Waals surface area contributed by atoms with Crippen LogP contribution in [0.15, 0.2) is 41.6 Å². The summed E-state index contributed by atoms with van der Waals surface area (Å²) in [4.78, 5) is 5.86. The molecule has 1 aromatic rings. The van der Waals surface area contributed by atoms with Crippen LogP contribution in [0.4, 0.5) is 5.69 Å². The van der Waals surface area contributed by atoms with Gasteiger partial charge in [0, 0.05) is 17.3 Å². The van der Waals surface area contributed by atoms with Crippen molar-refractivity contribution in [2.75, 3.05) is 25.4 Å². The van der Waals surface area contributed by atoms with E-state index < -0.39 is 0 Å². The molecule has 2 aliphatic rings. The first-order valence-corrected chi connectivity index (χ1v) is 7.68. The number of halogens is 3. The van der Waals surface area contributed by atoms with Gasteiger partial charge in [-0.2, -0.15) is 0 Å². The summed E-state index contributed by atoms with van der Waals surface area (Å²) < 4.78 is 0. The van der Waals surface area contributed by atoms with Crippen molar-refractivity contribution in [3.05, 3.63) is 47.1 Å². The highest BCUT2D eigenvalue weighted by atomic mass is 35.5. The quantitative estimate of drug-likeness (QED) is 0.621. The number of hydrogen-bond acceptors (Lipinski definition) is 4. The first-order chi connectivity index (χ1) is 10.2. The molecule has 0 radical (unpaired) electrons. The van der Waals surface area contributed by atoms with Crippen LogP contribution >= 0.6 is 36.4 Å². The second kappa shape index (κ2) is 9.40. The molecule has 0 saturated carbocycles. The van der Waals surface area contributed by atoms with E-state index in [4.69, 9.17) is 22.2 Å². The van der Waals surface area contributed by atoms with Crippen LogP contribution in [0, 0.1) is 0 Å². The van der Waals surface area contributed by atoms with Gasteiger partial charge >= 0.3 is 0 Å². The molecule has 3 N–H and O–H groups in total. The van der Waals surface area contributed by atoms with E-state index >= 15 is 0 Å². The van der Waals surface area contributed by atoms with Gasteiger partial charge in [0.2, 0.25) is 0 Å². The predicted octanol–water partition coefficient (Wildman–Crippen LogP) is 3.58. The molecule has 3 rings (SSSR count). The van der Waals surface area contributed by atoms with Crippen LogP contribution in [0.3, 0.4) is 0 Å². The molecule has 1 aromatic carbocycles. The Bertz CT molecular complexity index is 571. The van der Waals surface area contributed by atoms with Crippen LogP contribution in [0.1, 0.15) is 18.4 Å². The van der Waals surface area contributed by atoms with Crippen molar-refractivity contribution in [3.8, 4) is 0 Å². The van der Waals surface area contributed by atoms with Gasteiger partial charge in [-0.15, -0.1) is 24.8 Å². The number of allylic oxidation sites excluding steroid dienone is 2. The SMILES string of the molecule is Cl.Cl.Nc1cccc(C2=C(Cl)N(OC[C@H]3CCCN3)CC=C2)c1. The number of hydroxylamine groups is 2. The van der Waals surface area contributed by atoms with Gasteiger partial charge in [-0.25, -0.2) is 5.06 Å². The largest absolute Gasteiger partial charge is 0.399 e. The second-order valence-corrected chi connectivity index (χ2v) is 5.74. The lowest BCUT2D eigenvalue weighted by Crippen LogP contribution is -2.33. The molecular weight excluding hydrogens is 357 g/mol. The Balaban J connectivity index is 0.00000132. The molecule has 0 amide bonds. The summed E-state index contributed by atoms with van der Waals surface area (Å²) in [6.07, 6.45) is 6.44. The summed E-state index contributed by atoms with van der Waals surface area (Å²) in [5.41, 5.74) is 8.51. The maximum absolute atomic E-state index is 6.49. The smallest absolute Gasteiger partial charge is 0.137 e. The lowest BCUT2D eigenvalue weighted by Gasteiger charge is -2.27. The molecule has 0 aliphatic carbocycles. The molecule has 2 aliphatic heterocycles. The Kier molecular flexibility index (Phi) is 8.23. The van der Waals surface area contributed by atoms with Gasteiger partial charge < -0.3 is 11.1 Å². The van der Waals surface area contributed by atoms with Gasteiger partial charge in [-0.1, -0.05) is 35.9 Å². The van der Waals surface area contributed by atoms with Gasteiger partial charge in [-0.05, 0) is 37.1 Å². The van der Waals surface area contributed by atoms with Crippen molar-refractivity contribution in [3.63, 3.8) is 0 Å². The summed E-state index contributed by atoms with van der Waals surface area (Å²) in [5, 5.41) is 5.78. The first-order valence-electron chi connectivity index (χ1n) is 7.30. The van der Waals surface area contributed by atoms with Crippen molar-refractivity contribution in [1.82, 2.24) is 10.4 Å². The fraction of sp³-hybridized carbons (Fsp3) is 0.375. The highest BCUT2D eigenvalue weighted by Crippen LogP contribution is 2.30. The van der Waals surface area contributed by atoms with Gasteiger partial charge in [-0.3, -0.25) is 4.84 Å². The number of nitrogen functional groups attached to an aromatic ring is 1. The van der Waals surface area contributed by atoms with E-state index in [-0.39, 0.29) is 24.8 Å². The van der Waals surface area contributed by atoms with Crippen LogP contribution < -0.4 is 11.1 Å². The Labute approximate surface area is 154 Å². The molecular formula is C16H22Cl3N3O. The van der Waals surface area contributed by atoms with E-state index in [1.54, 1.807) is 5.06 Å². The zero-order valence-electron chi connectivity index (χ0n) is 12.7. The third kappa shape index (κ3) is 5.03. The van der Waals surface area contributed by atoms with Crippen LogP contribution in [-0.2, 0) is 4.84 Å². The lowest BCUT2D eigenvalue weighted by molar-refractivity contribution is -0.123. The molecule has 2 heterocycles. The molecule has 7 heteroatoms. The molecule has 4 nitrogen and oxygen atoms in total. The molecule has 0 unspecified atom stereocenters. The predicted molar refractivity (Wildman–Crippen MR) is 101 cm³/mol. The van der Waals surface area contributed by atoms with Crippen LogP contribution in [0.25, 0.3) is 5.57 Å². The van der Waals surface area contributed by atoms with E-state index in [0.717, 1.165) is 29.8 Å². The minimum atomic E-state index is 0. The van der Waals surface area contributed by atoms with E-state index in [2.05, 4.69) is 5.32 Å². The van der Waals surface area contributed by atoms with E-state index in [0.29, 0.717) is 24.3 Å². The molecule has 1 atom stereocenters. The number of nitrogens with zero attached hydrogens (tertiary/aromatic N) is 1. The van der Waals surface area contributed by atoms with E-state index in [1.165, 1.54) is 6.42 Å². The number of rotatable bonds is 4. The van der Waals surface area contributed by atoms with Gasteiger partial charge in [0.25, 0.3) is 0 Å². The van der Waals surface area contributed by atoms with Crippen molar-refractivity contribution >= 4 is 47.7 Å². The van der Waals surface area contributed by atoms with Crippen LogP contribution in [0.5, 0.6) is 0 Å². The van der Waals surface area contributed by atoms with Crippen molar-refractivity contribution < 1.29 is 4.84 Å². The maximum Gasteiger partial charge on any atom is 0.137 e. The lowest BCUT2D eigenvalue weighted by atomic mass is 10.0. The zero-order chi connectivity index (χ0) is 14.7. The van der Waals surface area contributed by atoms with Crippen LogP contribution in [0.2, 0.25) is 0 Å². The Morgan fingerprint density at radius 1 is 1.35 bits per heavy atom. The van der Waals surface area contributed by atoms with Crippen molar-refractivity contribution in [1.29, 1.82) is 0 Å². The number of benzene rings is 1. The third-order valence-corrected chi connectivity index (χ3v) is 4.18. The fourth-order valence-electron chi connectivity index (χ4n) is 2.66. The maximum atomic E-state index is 6.49. The van der Waals surface area contributed by atoms with Crippen LogP contribution in [-0.4, -0.2) is 30.8 Å². The minimum Gasteiger partial charge on any atom is -0.399 e. The topological polar surface area (TPSA) is 50.5 Å². The third-order valence-electron chi connectivity index (χ3n) is 3.79. The number of anilines is 1. The average Bonchev–Trinajstić information content (AvgIpc) is 2.99. The van der Waals surface area contributed by atoms with Crippen molar-refractivity contribution in [2.24, 2.45) is 0 Å². The highest BCUT2D eigenvalue weighted by molar-refractivity contribution is 6.32. The number of hydrogen-bond donors (Lipinski definition) is 2. The Morgan fingerprint density at radius 2 is 2.17 bits per heavy atom. The molecule has 1 saturated heterocycles. The van der Waals surface area contributed by atoms with E-state index in [1.807, 2.05) is 36.4 Å². The Hall–Kier alpha value is -0.910. The number of nitrogens with two attached hydrogens (primary N) is 1. The molecule has 128 valence electrons. The molecule has 0 spiro atoms. The minimum absolute atomic E-state index is 0. The molecule has 0 aromatic heterocycles. The number of nitrogens with one attached hydrogen (secondary N) is 1. The fourth-order valence-corrected chi connectivity index (χ4v) is 2.95. The van der Waals surface area contributed by atoms with Crippen molar-refractivity contribution in [2.45, 2.75) is 18.9 Å². The summed E-state index contributed by atoms with van der Waals surface area (Å²) in [6.45, 7) is 2.39. The Morgan fingerprint density at radius 3 is 2.87 bits per heavy atom. The standard InChI is InChI=1S/C16H20ClN3O.2ClH/c17-16-15(12-4-1-5-13(18)10-12)7-3-9-20(16)21-11-14-6-2-8-19-14;;/h1,3-5,7,10,14,19H,2,6,8-9,11,18H2;2*1H/t14-;;/m1../s1. The highest BCUT2D eigenvalue weighted by Gasteiger charge is 2.20. The molecule has 1 fully saturated rings. The van der Waals surface area contributed by atoms with E-state index in [9.17, 15) is 0 Å². The zero-order valence-corrected chi connectivity index (χ0v) is 15.1. The van der Waals surface area contributed by atoms with Gasteiger partial charge in [0.05, 0.1) is 13.2 Å². The first kappa shape index (κ1) is 20.1. The summed E-state index contributed by atoms with van der Waals surface area (Å²) in [5.74, 6) is 0. The molecule has 23 heavy (non-hydrogen) atoms. The summed E-state index contributed by atoms with van der Waals surface area (Å²) in [6, 6.07) is 8.14. The summed E-state index contributed by atoms with van der Waals surface area (Å²) >= 11 is 6.49. The second-order valence-electron chi connectivity index (χ2n) is 5.38. The monoisotopic (exact) mass is 377 g/mol. The average molecular weight is 379 g/mol. The summed E-state index contributed by atoms with van der Waals surface area (Å²) in [7, 11) is 0.